The standard InChI is InChI=1S/C13H28N2/c1-3-12(4-2)10-14-11-13-8-6-5-7-9-15-13/h12-15H,3-11H2,1-2H3. The third-order valence-electron chi connectivity index (χ3n) is 3.64. The zero-order valence-electron chi connectivity index (χ0n) is 10.5. The Balaban J connectivity index is 2.07. The van der Waals surface area contributed by atoms with Crippen molar-refractivity contribution in [1.82, 2.24) is 10.6 Å². The van der Waals surface area contributed by atoms with Crippen LogP contribution < -0.4 is 10.6 Å². The Kier molecular flexibility index (Phi) is 7.03. The van der Waals surface area contributed by atoms with Crippen molar-refractivity contribution in [2.24, 2.45) is 5.92 Å². The molecule has 1 unspecified atom stereocenters. The van der Waals surface area contributed by atoms with E-state index in [4.69, 9.17) is 0 Å². The van der Waals surface area contributed by atoms with Gasteiger partial charge in [-0.25, -0.2) is 0 Å². The lowest BCUT2D eigenvalue weighted by molar-refractivity contribution is 0.411. The number of hydrogen-bond donors (Lipinski definition) is 2. The van der Waals surface area contributed by atoms with Crippen LogP contribution in [0.25, 0.3) is 0 Å². The molecule has 0 amide bonds. The molecule has 1 saturated heterocycles. The molecular weight excluding hydrogens is 184 g/mol. The lowest BCUT2D eigenvalue weighted by atomic mass is 10.0. The molecule has 2 nitrogen and oxygen atoms in total. The Morgan fingerprint density at radius 3 is 2.73 bits per heavy atom. The van der Waals surface area contributed by atoms with Crippen LogP contribution >= 0.6 is 0 Å². The Labute approximate surface area is 95.2 Å². The molecule has 0 aromatic carbocycles. The molecule has 2 heteroatoms. The minimum Gasteiger partial charge on any atom is -0.315 e. The molecule has 0 aromatic heterocycles. The first-order chi connectivity index (χ1) is 7.36. The van der Waals surface area contributed by atoms with Gasteiger partial charge in [-0.15, -0.1) is 0 Å². The summed E-state index contributed by atoms with van der Waals surface area (Å²) in [5.74, 6) is 0.871. The zero-order valence-corrected chi connectivity index (χ0v) is 10.5. The van der Waals surface area contributed by atoms with Crippen LogP contribution in [0.2, 0.25) is 0 Å². The Hall–Kier alpha value is -0.0800. The van der Waals surface area contributed by atoms with Crippen LogP contribution in [0.3, 0.4) is 0 Å². The van der Waals surface area contributed by atoms with Crippen LogP contribution in [-0.4, -0.2) is 25.7 Å². The molecule has 0 radical (unpaired) electrons. The highest BCUT2D eigenvalue weighted by atomic mass is 15.0. The van der Waals surface area contributed by atoms with E-state index < -0.39 is 0 Å². The summed E-state index contributed by atoms with van der Waals surface area (Å²) in [4.78, 5) is 0. The fraction of sp³-hybridized carbons (Fsp3) is 1.00. The largest absolute Gasteiger partial charge is 0.315 e. The summed E-state index contributed by atoms with van der Waals surface area (Å²) >= 11 is 0. The predicted molar refractivity (Wildman–Crippen MR) is 67.2 cm³/mol. The first-order valence-corrected chi connectivity index (χ1v) is 6.80. The third-order valence-corrected chi connectivity index (χ3v) is 3.64. The van der Waals surface area contributed by atoms with E-state index in [-0.39, 0.29) is 0 Å². The molecule has 0 aromatic rings. The molecule has 15 heavy (non-hydrogen) atoms. The number of rotatable bonds is 6. The van der Waals surface area contributed by atoms with Gasteiger partial charge in [-0.2, -0.15) is 0 Å². The van der Waals surface area contributed by atoms with E-state index in [1.165, 1.54) is 51.6 Å². The average Bonchev–Trinajstić information content (AvgIpc) is 2.53. The second-order valence-electron chi connectivity index (χ2n) is 4.84. The molecule has 0 saturated carbocycles. The van der Waals surface area contributed by atoms with Crippen molar-refractivity contribution in [1.29, 1.82) is 0 Å². The van der Waals surface area contributed by atoms with Gasteiger partial charge in [0.15, 0.2) is 0 Å². The van der Waals surface area contributed by atoms with Crippen LogP contribution in [-0.2, 0) is 0 Å². The highest BCUT2D eigenvalue weighted by molar-refractivity contribution is 4.73. The second-order valence-corrected chi connectivity index (χ2v) is 4.84. The van der Waals surface area contributed by atoms with Gasteiger partial charge in [0, 0.05) is 12.6 Å². The van der Waals surface area contributed by atoms with Gasteiger partial charge in [0.2, 0.25) is 0 Å². The minimum atomic E-state index is 0.724. The summed E-state index contributed by atoms with van der Waals surface area (Å²) in [6, 6.07) is 0.724. The fourth-order valence-corrected chi connectivity index (χ4v) is 2.31. The smallest absolute Gasteiger partial charge is 0.0192 e. The van der Waals surface area contributed by atoms with Gasteiger partial charge in [0.1, 0.15) is 0 Å². The predicted octanol–water partition coefficient (Wildman–Crippen LogP) is 2.54. The van der Waals surface area contributed by atoms with Crippen molar-refractivity contribution < 1.29 is 0 Å². The van der Waals surface area contributed by atoms with E-state index in [2.05, 4.69) is 24.5 Å². The number of nitrogens with one attached hydrogen (secondary N) is 2. The molecule has 0 bridgehead atoms. The van der Waals surface area contributed by atoms with Crippen molar-refractivity contribution in [3.8, 4) is 0 Å². The molecular formula is C13H28N2. The van der Waals surface area contributed by atoms with Crippen molar-refractivity contribution in [3.63, 3.8) is 0 Å². The van der Waals surface area contributed by atoms with Gasteiger partial charge < -0.3 is 10.6 Å². The first kappa shape index (κ1) is 13.0. The summed E-state index contributed by atoms with van der Waals surface area (Å²) in [6.45, 7) is 8.17. The first-order valence-electron chi connectivity index (χ1n) is 6.80. The van der Waals surface area contributed by atoms with Gasteiger partial charge >= 0.3 is 0 Å². The molecule has 1 aliphatic rings. The van der Waals surface area contributed by atoms with E-state index in [1.807, 2.05) is 0 Å². The highest BCUT2D eigenvalue weighted by Gasteiger charge is 2.11. The van der Waals surface area contributed by atoms with Gasteiger partial charge in [0.25, 0.3) is 0 Å². The molecule has 2 N–H and O–H groups in total. The maximum atomic E-state index is 3.63. The van der Waals surface area contributed by atoms with Crippen LogP contribution in [0.5, 0.6) is 0 Å². The molecule has 1 atom stereocenters. The van der Waals surface area contributed by atoms with Gasteiger partial charge in [-0.3, -0.25) is 0 Å². The van der Waals surface area contributed by atoms with Gasteiger partial charge in [-0.05, 0) is 31.8 Å². The second kappa shape index (κ2) is 8.12. The molecule has 1 rings (SSSR count). The lowest BCUT2D eigenvalue weighted by Crippen LogP contribution is -2.39. The summed E-state index contributed by atoms with van der Waals surface area (Å²) in [5, 5.41) is 7.25. The van der Waals surface area contributed by atoms with Crippen molar-refractivity contribution in [3.05, 3.63) is 0 Å². The molecule has 1 fully saturated rings. The van der Waals surface area contributed by atoms with Gasteiger partial charge in [0.05, 0.1) is 0 Å². The van der Waals surface area contributed by atoms with Crippen LogP contribution in [0.4, 0.5) is 0 Å². The van der Waals surface area contributed by atoms with Crippen LogP contribution in [0.15, 0.2) is 0 Å². The van der Waals surface area contributed by atoms with E-state index in [0.717, 1.165) is 18.5 Å². The normalized spacial score (nSPS) is 23.0. The van der Waals surface area contributed by atoms with Crippen LogP contribution in [0.1, 0.15) is 52.4 Å². The molecule has 0 aliphatic carbocycles. The Bertz CT molecular complexity index is 135. The molecule has 90 valence electrons. The summed E-state index contributed by atoms with van der Waals surface area (Å²) in [6.07, 6.45) is 8.16. The minimum absolute atomic E-state index is 0.724. The van der Waals surface area contributed by atoms with Crippen LogP contribution in [0, 0.1) is 5.92 Å². The SMILES string of the molecule is CCC(CC)CNCC1CCCCCN1. The monoisotopic (exact) mass is 212 g/mol. The average molecular weight is 212 g/mol. The van der Waals surface area contributed by atoms with E-state index in [0.29, 0.717) is 0 Å². The van der Waals surface area contributed by atoms with Crippen molar-refractivity contribution >= 4 is 0 Å². The quantitative estimate of drug-likeness (QED) is 0.707. The fourth-order valence-electron chi connectivity index (χ4n) is 2.31. The van der Waals surface area contributed by atoms with E-state index in [9.17, 15) is 0 Å². The van der Waals surface area contributed by atoms with E-state index in [1.54, 1.807) is 0 Å². The van der Waals surface area contributed by atoms with E-state index >= 15 is 0 Å². The maximum Gasteiger partial charge on any atom is 0.0192 e. The molecule has 1 heterocycles. The summed E-state index contributed by atoms with van der Waals surface area (Å²) < 4.78 is 0. The Morgan fingerprint density at radius 2 is 2.00 bits per heavy atom. The summed E-state index contributed by atoms with van der Waals surface area (Å²) in [5.41, 5.74) is 0. The molecule has 0 spiro atoms. The topological polar surface area (TPSA) is 24.1 Å². The number of hydrogen-bond acceptors (Lipinski definition) is 2. The summed E-state index contributed by atoms with van der Waals surface area (Å²) in [7, 11) is 0. The third kappa shape index (κ3) is 5.53. The zero-order chi connectivity index (χ0) is 10.9. The Morgan fingerprint density at radius 1 is 1.20 bits per heavy atom. The van der Waals surface area contributed by atoms with Crippen molar-refractivity contribution in [2.75, 3.05) is 19.6 Å². The maximum absolute atomic E-state index is 3.63. The highest BCUT2D eigenvalue weighted by Crippen LogP contribution is 2.08. The lowest BCUT2D eigenvalue weighted by Gasteiger charge is -2.19. The van der Waals surface area contributed by atoms with Gasteiger partial charge in [-0.1, -0.05) is 39.5 Å². The van der Waals surface area contributed by atoms with Crippen molar-refractivity contribution in [2.45, 2.75) is 58.4 Å². The molecule has 1 aliphatic heterocycles.